The van der Waals surface area contributed by atoms with Gasteiger partial charge in [0.25, 0.3) is 0 Å². The lowest BCUT2D eigenvalue weighted by atomic mass is 10.2. The standard InChI is InChI=1S/C14H23N3O2S2/c1-3-15-8-12-13(10-4-5-10)16-14(20-12)17(2)11-6-7-21(18,19)9-11/h10-11,15H,3-9H2,1-2H3. The fraction of sp³-hybridized carbons (Fsp3) is 0.786. The first-order chi connectivity index (χ1) is 10.00. The van der Waals surface area contributed by atoms with Gasteiger partial charge < -0.3 is 10.2 Å². The molecule has 118 valence electrons. The molecule has 7 heteroatoms. The van der Waals surface area contributed by atoms with Gasteiger partial charge in [0.2, 0.25) is 0 Å². The molecular weight excluding hydrogens is 306 g/mol. The van der Waals surface area contributed by atoms with Gasteiger partial charge >= 0.3 is 0 Å². The summed E-state index contributed by atoms with van der Waals surface area (Å²) in [5, 5.41) is 4.36. The molecule has 1 saturated heterocycles. The summed E-state index contributed by atoms with van der Waals surface area (Å²) in [5.74, 6) is 1.21. The number of sulfone groups is 1. The van der Waals surface area contributed by atoms with Crippen LogP contribution >= 0.6 is 11.3 Å². The van der Waals surface area contributed by atoms with Gasteiger partial charge in [-0.3, -0.25) is 0 Å². The van der Waals surface area contributed by atoms with Gasteiger partial charge in [-0.25, -0.2) is 13.4 Å². The predicted molar refractivity (Wildman–Crippen MR) is 86.9 cm³/mol. The summed E-state index contributed by atoms with van der Waals surface area (Å²) in [6.45, 7) is 3.93. The monoisotopic (exact) mass is 329 g/mol. The second kappa shape index (κ2) is 5.85. The molecule has 1 unspecified atom stereocenters. The van der Waals surface area contributed by atoms with Crippen LogP contribution in [0.5, 0.6) is 0 Å². The Morgan fingerprint density at radius 1 is 1.38 bits per heavy atom. The van der Waals surface area contributed by atoms with E-state index in [4.69, 9.17) is 4.98 Å². The van der Waals surface area contributed by atoms with E-state index < -0.39 is 9.84 Å². The highest BCUT2D eigenvalue weighted by molar-refractivity contribution is 7.91. The van der Waals surface area contributed by atoms with Crippen LogP contribution in [0.15, 0.2) is 0 Å². The van der Waals surface area contributed by atoms with Gasteiger partial charge in [0, 0.05) is 30.4 Å². The summed E-state index contributed by atoms with van der Waals surface area (Å²) in [6.07, 6.45) is 3.20. The highest BCUT2D eigenvalue weighted by Gasteiger charge is 2.34. The van der Waals surface area contributed by atoms with Crippen LogP contribution in [0, 0.1) is 0 Å². The van der Waals surface area contributed by atoms with E-state index in [1.54, 1.807) is 11.3 Å². The molecule has 0 bridgehead atoms. The van der Waals surface area contributed by atoms with Crippen molar-refractivity contribution < 1.29 is 8.42 Å². The summed E-state index contributed by atoms with van der Waals surface area (Å²) in [5.41, 5.74) is 1.24. The van der Waals surface area contributed by atoms with Crippen LogP contribution in [-0.4, -0.2) is 44.5 Å². The van der Waals surface area contributed by atoms with E-state index in [0.29, 0.717) is 11.7 Å². The maximum absolute atomic E-state index is 11.7. The number of hydrogen-bond acceptors (Lipinski definition) is 6. The first-order valence-corrected chi connectivity index (χ1v) is 10.3. The van der Waals surface area contributed by atoms with Crippen LogP contribution in [-0.2, 0) is 16.4 Å². The van der Waals surface area contributed by atoms with Gasteiger partial charge in [-0.1, -0.05) is 6.92 Å². The quantitative estimate of drug-likeness (QED) is 0.861. The highest BCUT2D eigenvalue weighted by atomic mass is 32.2. The molecule has 2 fully saturated rings. The van der Waals surface area contributed by atoms with E-state index in [-0.39, 0.29) is 11.8 Å². The molecule has 1 N–H and O–H groups in total. The summed E-state index contributed by atoms with van der Waals surface area (Å²) in [6, 6.07) is 0.0835. The number of thiazole rings is 1. The Morgan fingerprint density at radius 2 is 2.14 bits per heavy atom. The van der Waals surface area contributed by atoms with Crippen molar-refractivity contribution in [1.82, 2.24) is 10.3 Å². The van der Waals surface area contributed by atoms with Crippen molar-refractivity contribution in [3.63, 3.8) is 0 Å². The van der Waals surface area contributed by atoms with Crippen molar-refractivity contribution in [3.8, 4) is 0 Å². The van der Waals surface area contributed by atoms with Crippen LogP contribution in [0.25, 0.3) is 0 Å². The number of hydrogen-bond donors (Lipinski definition) is 1. The van der Waals surface area contributed by atoms with Crippen LogP contribution < -0.4 is 10.2 Å². The molecular formula is C14H23N3O2S2. The maximum Gasteiger partial charge on any atom is 0.185 e. The Bertz CT molecular complexity index is 608. The van der Waals surface area contributed by atoms with Crippen molar-refractivity contribution in [2.24, 2.45) is 0 Å². The molecule has 2 aliphatic rings. The summed E-state index contributed by atoms with van der Waals surface area (Å²) < 4.78 is 23.3. The molecule has 1 aromatic heterocycles. The zero-order valence-corrected chi connectivity index (χ0v) is 14.3. The first kappa shape index (κ1) is 15.2. The number of nitrogens with one attached hydrogen (secondary N) is 1. The fourth-order valence-electron chi connectivity index (χ4n) is 2.78. The number of anilines is 1. The van der Waals surface area contributed by atoms with Gasteiger partial charge in [0.05, 0.1) is 17.2 Å². The van der Waals surface area contributed by atoms with Crippen molar-refractivity contribution in [3.05, 3.63) is 10.6 Å². The minimum Gasteiger partial charge on any atom is -0.347 e. The Kier molecular flexibility index (Phi) is 4.25. The molecule has 1 atom stereocenters. The van der Waals surface area contributed by atoms with Gasteiger partial charge in [0.1, 0.15) is 0 Å². The van der Waals surface area contributed by atoms with Gasteiger partial charge in [-0.2, -0.15) is 0 Å². The summed E-state index contributed by atoms with van der Waals surface area (Å²) >= 11 is 1.72. The van der Waals surface area contributed by atoms with E-state index >= 15 is 0 Å². The molecule has 5 nitrogen and oxygen atoms in total. The van der Waals surface area contributed by atoms with Crippen molar-refractivity contribution in [1.29, 1.82) is 0 Å². The van der Waals surface area contributed by atoms with Crippen LogP contribution in [0.4, 0.5) is 5.13 Å². The maximum atomic E-state index is 11.7. The molecule has 1 aliphatic carbocycles. The largest absolute Gasteiger partial charge is 0.347 e. The zero-order valence-electron chi connectivity index (χ0n) is 12.6. The smallest absolute Gasteiger partial charge is 0.185 e. The van der Waals surface area contributed by atoms with E-state index in [1.807, 2.05) is 7.05 Å². The van der Waals surface area contributed by atoms with Crippen LogP contribution in [0.2, 0.25) is 0 Å². The van der Waals surface area contributed by atoms with E-state index in [0.717, 1.165) is 24.6 Å². The normalized spacial score (nSPS) is 24.4. The topological polar surface area (TPSA) is 62.3 Å². The third kappa shape index (κ3) is 3.40. The Morgan fingerprint density at radius 3 is 2.71 bits per heavy atom. The molecule has 0 spiro atoms. The molecule has 0 aromatic carbocycles. The fourth-order valence-corrected chi connectivity index (χ4v) is 5.70. The van der Waals surface area contributed by atoms with Gasteiger partial charge in [0.15, 0.2) is 15.0 Å². The lowest BCUT2D eigenvalue weighted by Gasteiger charge is -2.22. The van der Waals surface area contributed by atoms with Crippen LogP contribution in [0.3, 0.4) is 0 Å². The third-order valence-electron chi connectivity index (χ3n) is 4.27. The van der Waals surface area contributed by atoms with Crippen molar-refractivity contribution in [2.75, 3.05) is 30.0 Å². The van der Waals surface area contributed by atoms with E-state index in [9.17, 15) is 8.42 Å². The average molecular weight is 329 g/mol. The average Bonchev–Trinajstić information content (AvgIpc) is 3.10. The molecule has 0 amide bonds. The number of rotatable bonds is 6. The van der Waals surface area contributed by atoms with E-state index in [1.165, 1.54) is 23.4 Å². The molecule has 1 aromatic rings. The Balaban J connectivity index is 1.78. The van der Waals surface area contributed by atoms with Crippen molar-refractivity contribution in [2.45, 2.75) is 44.7 Å². The molecule has 1 aliphatic heterocycles. The minimum absolute atomic E-state index is 0.0835. The molecule has 3 rings (SSSR count). The zero-order chi connectivity index (χ0) is 15.0. The summed E-state index contributed by atoms with van der Waals surface area (Å²) in [4.78, 5) is 8.23. The molecule has 1 saturated carbocycles. The predicted octanol–water partition coefficient (Wildman–Crippen LogP) is 1.75. The SMILES string of the molecule is CCNCc1sc(N(C)C2CCS(=O)(=O)C2)nc1C1CC1. The Labute approximate surface area is 130 Å². The molecule has 21 heavy (non-hydrogen) atoms. The number of nitrogens with zero attached hydrogens (tertiary/aromatic N) is 2. The van der Waals surface area contributed by atoms with Crippen molar-refractivity contribution >= 4 is 26.3 Å². The first-order valence-electron chi connectivity index (χ1n) is 7.63. The lowest BCUT2D eigenvalue weighted by molar-refractivity contribution is 0.601. The van der Waals surface area contributed by atoms with E-state index in [2.05, 4.69) is 17.1 Å². The molecule has 2 heterocycles. The highest BCUT2D eigenvalue weighted by Crippen LogP contribution is 2.44. The second-order valence-corrected chi connectivity index (χ2v) is 9.32. The van der Waals surface area contributed by atoms with Crippen LogP contribution in [0.1, 0.15) is 42.7 Å². The molecule has 0 radical (unpaired) electrons. The Hall–Kier alpha value is -0.660. The van der Waals surface area contributed by atoms with Gasteiger partial charge in [-0.15, -0.1) is 11.3 Å². The lowest BCUT2D eigenvalue weighted by Crippen LogP contribution is -2.32. The summed E-state index contributed by atoms with van der Waals surface area (Å²) in [7, 11) is -0.863. The van der Waals surface area contributed by atoms with Gasteiger partial charge in [-0.05, 0) is 25.8 Å². The third-order valence-corrected chi connectivity index (χ3v) is 7.19. The second-order valence-electron chi connectivity index (χ2n) is 6.03. The number of aromatic nitrogens is 1. The minimum atomic E-state index is -2.85.